The molecule has 6 aromatic carbocycles. The van der Waals surface area contributed by atoms with Gasteiger partial charge in [-0.15, -0.1) is 12.4 Å². The molecule has 57 heavy (non-hydrogen) atoms. The maximum Gasteiger partial charge on any atom is 0.345 e. The minimum absolute atomic E-state index is 0. The van der Waals surface area contributed by atoms with E-state index in [0.29, 0.717) is 48.6 Å². The lowest BCUT2D eigenvalue weighted by Gasteiger charge is -2.27. The van der Waals surface area contributed by atoms with E-state index in [9.17, 15) is 14.7 Å². The van der Waals surface area contributed by atoms with Crippen LogP contribution in [0.4, 0.5) is 10.5 Å². The standard InChI is InChI=1S/C48H45N5O3.ClH/c49-30-10-11-31-53-48(56)52(34-36-18-23-38(24-19-36)37-12-4-1-5-13-37)46-32-41(25-28-43(46)45(51-53)29-22-35-20-26-42(54)27-21-35)47(55)50-33-44(39-14-6-2-7-15-39)40-16-8-3-9-17-40;/h1-9,12-29,32,44,54H,10-11,30-31,33-34,49H2,(H,50,55);1H/b29-22+;. The number of aromatic hydroxyl groups is 1. The Morgan fingerprint density at radius 1 is 0.737 bits per heavy atom. The van der Waals surface area contributed by atoms with Gasteiger partial charge in [0, 0.05) is 30.1 Å². The van der Waals surface area contributed by atoms with Gasteiger partial charge in [0.05, 0.1) is 17.9 Å². The number of allylic oxidation sites excluding steroid dienone is 1. The van der Waals surface area contributed by atoms with Crippen molar-refractivity contribution in [3.8, 4) is 16.9 Å². The van der Waals surface area contributed by atoms with E-state index in [4.69, 9.17) is 10.8 Å². The summed E-state index contributed by atoms with van der Waals surface area (Å²) < 4.78 is 0. The molecular weight excluding hydrogens is 730 g/mol. The quantitative estimate of drug-likeness (QED) is 0.0958. The van der Waals surface area contributed by atoms with Crippen molar-refractivity contribution in [1.29, 1.82) is 0 Å². The van der Waals surface area contributed by atoms with Crippen molar-refractivity contribution >= 4 is 41.8 Å². The molecule has 0 saturated heterocycles. The molecule has 0 bridgehead atoms. The Morgan fingerprint density at radius 2 is 1.35 bits per heavy atom. The molecule has 6 aromatic rings. The zero-order valence-electron chi connectivity index (χ0n) is 31.6. The SMILES string of the molecule is Cl.NCCCCN1N=C(/C=C/c2ccc(O)cc2)c2ccc(C(=O)NCC(c3ccccc3)c3ccccc3)cc2N(Cc2ccc(-c3ccccc3)cc2)C1=O. The first-order chi connectivity index (χ1) is 27.5. The molecule has 1 aliphatic rings. The van der Waals surface area contributed by atoms with Crippen molar-refractivity contribution in [3.63, 3.8) is 0 Å². The fourth-order valence-corrected chi connectivity index (χ4v) is 6.88. The van der Waals surface area contributed by atoms with Gasteiger partial charge in [-0.05, 0) is 89.2 Å². The average molecular weight is 776 g/mol. The number of nitrogens with one attached hydrogen (secondary N) is 1. The Bertz CT molecular complexity index is 2260. The highest BCUT2D eigenvalue weighted by atomic mass is 35.5. The maximum absolute atomic E-state index is 14.6. The van der Waals surface area contributed by atoms with Crippen molar-refractivity contribution in [2.24, 2.45) is 10.8 Å². The number of carbonyl (C=O) groups excluding carboxylic acids is 2. The number of hydrazone groups is 1. The number of phenols is 1. The average Bonchev–Trinajstić information content (AvgIpc) is 3.35. The Morgan fingerprint density at radius 3 is 1.98 bits per heavy atom. The molecule has 0 radical (unpaired) electrons. The third-order valence-corrected chi connectivity index (χ3v) is 9.93. The van der Waals surface area contributed by atoms with E-state index in [1.165, 1.54) is 5.01 Å². The van der Waals surface area contributed by atoms with Crippen LogP contribution in [-0.2, 0) is 6.54 Å². The van der Waals surface area contributed by atoms with Gasteiger partial charge in [0.1, 0.15) is 5.75 Å². The fourth-order valence-electron chi connectivity index (χ4n) is 6.88. The topological polar surface area (TPSA) is 111 Å². The number of urea groups is 1. The van der Waals surface area contributed by atoms with Crippen molar-refractivity contribution in [2.75, 3.05) is 24.5 Å². The number of amides is 3. The number of nitrogens with two attached hydrogens (primary N) is 1. The molecule has 9 heteroatoms. The summed E-state index contributed by atoms with van der Waals surface area (Å²) in [5.74, 6) is -0.121. The van der Waals surface area contributed by atoms with Gasteiger partial charge in [0.25, 0.3) is 5.91 Å². The van der Waals surface area contributed by atoms with Gasteiger partial charge in [-0.2, -0.15) is 5.10 Å². The first-order valence-corrected chi connectivity index (χ1v) is 19.0. The van der Waals surface area contributed by atoms with E-state index in [1.54, 1.807) is 29.2 Å². The smallest absolute Gasteiger partial charge is 0.345 e. The minimum atomic E-state index is -0.297. The second-order valence-corrected chi connectivity index (χ2v) is 13.8. The highest BCUT2D eigenvalue weighted by Crippen LogP contribution is 2.32. The van der Waals surface area contributed by atoms with E-state index >= 15 is 0 Å². The maximum atomic E-state index is 14.6. The molecule has 288 valence electrons. The number of anilines is 1. The Balaban J connectivity index is 0.00000549. The van der Waals surface area contributed by atoms with Crippen LogP contribution in [-0.4, -0.2) is 47.4 Å². The third-order valence-electron chi connectivity index (χ3n) is 9.93. The van der Waals surface area contributed by atoms with E-state index in [2.05, 4.69) is 53.8 Å². The van der Waals surface area contributed by atoms with Gasteiger partial charge in [-0.1, -0.05) is 133 Å². The third kappa shape index (κ3) is 10.0. The van der Waals surface area contributed by atoms with Crippen molar-refractivity contribution in [1.82, 2.24) is 10.3 Å². The molecule has 4 N–H and O–H groups in total. The van der Waals surface area contributed by atoms with Gasteiger partial charge >= 0.3 is 6.03 Å². The summed E-state index contributed by atoms with van der Waals surface area (Å²) in [5.41, 5.74) is 14.3. The zero-order chi connectivity index (χ0) is 38.7. The van der Waals surface area contributed by atoms with E-state index in [-0.39, 0.29) is 42.6 Å². The fraction of sp³-hybridized carbons (Fsp3) is 0.146. The molecule has 1 aliphatic heterocycles. The highest BCUT2D eigenvalue weighted by Gasteiger charge is 2.30. The van der Waals surface area contributed by atoms with E-state index in [0.717, 1.165) is 39.8 Å². The van der Waals surface area contributed by atoms with Gasteiger partial charge in [0.15, 0.2) is 0 Å². The summed E-state index contributed by atoms with van der Waals surface area (Å²) in [6.45, 7) is 1.52. The zero-order valence-corrected chi connectivity index (χ0v) is 32.4. The number of benzene rings is 6. The lowest BCUT2D eigenvalue weighted by Crippen LogP contribution is -2.40. The highest BCUT2D eigenvalue weighted by molar-refractivity contribution is 6.18. The Hall–Kier alpha value is -6.48. The number of nitrogens with zero attached hydrogens (tertiary/aromatic N) is 3. The molecule has 0 atom stereocenters. The van der Waals surface area contributed by atoms with Crippen LogP contribution < -0.4 is 16.0 Å². The predicted molar refractivity (Wildman–Crippen MR) is 233 cm³/mol. The van der Waals surface area contributed by atoms with Gasteiger partial charge in [-0.25, -0.2) is 9.80 Å². The molecule has 0 aromatic heterocycles. The van der Waals surface area contributed by atoms with Crippen LogP contribution in [0.5, 0.6) is 5.75 Å². The van der Waals surface area contributed by atoms with Crippen molar-refractivity contribution < 1.29 is 14.7 Å². The summed E-state index contributed by atoms with van der Waals surface area (Å²) in [6.07, 6.45) is 5.19. The molecule has 8 nitrogen and oxygen atoms in total. The molecule has 0 spiro atoms. The molecule has 0 fully saturated rings. The molecule has 0 saturated carbocycles. The predicted octanol–water partition coefficient (Wildman–Crippen LogP) is 9.64. The first kappa shape index (κ1) is 40.2. The van der Waals surface area contributed by atoms with Gasteiger partial charge in [-0.3, -0.25) is 9.69 Å². The number of carbonyl (C=O) groups is 2. The van der Waals surface area contributed by atoms with Crippen LogP contribution in [0.2, 0.25) is 0 Å². The van der Waals surface area contributed by atoms with Crippen molar-refractivity contribution in [3.05, 3.63) is 197 Å². The van der Waals surface area contributed by atoms with Gasteiger partial charge in [0.2, 0.25) is 0 Å². The number of fused-ring (bicyclic) bond motifs is 1. The molecule has 0 unspecified atom stereocenters. The summed E-state index contributed by atoms with van der Waals surface area (Å²) in [7, 11) is 0. The van der Waals surface area contributed by atoms with Gasteiger partial charge < -0.3 is 16.2 Å². The molecule has 7 rings (SSSR count). The molecule has 3 amide bonds. The second kappa shape index (κ2) is 19.4. The van der Waals surface area contributed by atoms with E-state index < -0.39 is 0 Å². The summed E-state index contributed by atoms with van der Waals surface area (Å²) in [6, 6.07) is 50.7. The van der Waals surface area contributed by atoms with Crippen LogP contribution in [0.3, 0.4) is 0 Å². The van der Waals surface area contributed by atoms with Crippen LogP contribution in [0, 0.1) is 0 Å². The number of rotatable bonds is 14. The largest absolute Gasteiger partial charge is 0.508 e. The molecule has 1 heterocycles. The van der Waals surface area contributed by atoms with Crippen LogP contribution in [0.25, 0.3) is 17.2 Å². The molecular formula is C48H46ClN5O3. The van der Waals surface area contributed by atoms with Crippen LogP contribution in [0.1, 0.15) is 56.9 Å². The van der Waals surface area contributed by atoms with E-state index in [1.807, 2.05) is 97.1 Å². The first-order valence-electron chi connectivity index (χ1n) is 19.0. The van der Waals surface area contributed by atoms with Crippen LogP contribution in [0.15, 0.2) is 169 Å². The second-order valence-electron chi connectivity index (χ2n) is 13.8. The lowest BCUT2D eigenvalue weighted by molar-refractivity contribution is 0.0952. The number of phenolic OH excluding ortho intramolecular Hbond substituents is 1. The number of hydrogen-bond donors (Lipinski definition) is 3. The summed E-state index contributed by atoms with van der Waals surface area (Å²) in [5, 5.41) is 19.5. The van der Waals surface area contributed by atoms with Crippen molar-refractivity contribution in [2.45, 2.75) is 25.3 Å². The normalized spacial score (nSPS) is 12.5. The van der Waals surface area contributed by atoms with Crippen LogP contribution >= 0.6 is 12.4 Å². The number of unbranched alkanes of at least 4 members (excludes halogenated alkanes) is 1. The Kier molecular flexibility index (Phi) is 13.7. The number of halogens is 1. The number of hydrogen-bond acceptors (Lipinski definition) is 5. The minimum Gasteiger partial charge on any atom is -0.508 e. The lowest BCUT2D eigenvalue weighted by atomic mass is 9.91. The monoisotopic (exact) mass is 775 g/mol. The molecule has 0 aliphatic carbocycles. The summed E-state index contributed by atoms with van der Waals surface area (Å²) >= 11 is 0. The summed E-state index contributed by atoms with van der Waals surface area (Å²) in [4.78, 5) is 30.4. The Labute approximate surface area is 340 Å².